The van der Waals surface area contributed by atoms with E-state index in [1.54, 1.807) is 0 Å². The number of unbranched alkanes of at least 4 members (excludes halogenated alkanes) is 1. The lowest BCUT2D eigenvalue weighted by atomic mass is 10.2. The Labute approximate surface area is 159 Å². The van der Waals surface area contributed by atoms with Crippen molar-refractivity contribution in [2.24, 2.45) is 4.99 Å². The Balaban J connectivity index is 2.08. The van der Waals surface area contributed by atoms with Gasteiger partial charge in [0, 0.05) is 32.4 Å². The largest absolute Gasteiger partial charge is 0.370 e. The van der Waals surface area contributed by atoms with Crippen molar-refractivity contribution in [1.82, 2.24) is 20.5 Å². The summed E-state index contributed by atoms with van der Waals surface area (Å²) in [5, 5.41) is 10.2. The highest BCUT2D eigenvalue weighted by molar-refractivity contribution is 5.79. The van der Waals surface area contributed by atoms with Gasteiger partial charge < -0.3 is 20.9 Å². The molecule has 0 aliphatic carbocycles. The van der Waals surface area contributed by atoms with Gasteiger partial charge in [-0.25, -0.2) is 4.98 Å². The topological polar surface area (TPSA) is 64.6 Å². The number of hydrogen-bond acceptors (Lipinski definition) is 4. The Hall–Kier alpha value is -1.82. The molecule has 1 unspecified atom stereocenters. The Kier molecular flexibility index (Phi) is 12.3. The van der Waals surface area contributed by atoms with Gasteiger partial charge in [0.25, 0.3) is 0 Å². The van der Waals surface area contributed by atoms with Crippen molar-refractivity contribution in [3.05, 3.63) is 24.4 Å². The zero-order valence-corrected chi connectivity index (χ0v) is 17.1. The number of aromatic nitrogens is 1. The monoisotopic (exact) mass is 362 g/mol. The molecule has 0 aliphatic rings. The number of nitrogens with zero attached hydrogens (tertiary/aromatic N) is 3. The first-order valence-electron chi connectivity index (χ1n) is 10.0. The van der Waals surface area contributed by atoms with E-state index in [1.807, 2.05) is 31.4 Å². The summed E-state index contributed by atoms with van der Waals surface area (Å²) in [7, 11) is 1.83. The summed E-state index contributed by atoms with van der Waals surface area (Å²) in [4.78, 5) is 11.1. The van der Waals surface area contributed by atoms with Crippen LogP contribution in [-0.4, -0.2) is 61.7 Å². The maximum atomic E-state index is 4.33. The molecule has 6 nitrogen and oxygen atoms in total. The molecule has 0 saturated heterocycles. The fraction of sp³-hybridized carbons (Fsp3) is 0.700. The number of hydrogen-bond donors (Lipinski definition) is 3. The van der Waals surface area contributed by atoms with E-state index in [2.05, 4.69) is 51.6 Å². The highest BCUT2D eigenvalue weighted by Crippen LogP contribution is 2.01. The van der Waals surface area contributed by atoms with Crippen LogP contribution in [0.1, 0.15) is 46.5 Å². The van der Waals surface area contributed by atoms with Gasteiger partial charge in [-0.2, -0.15) is 0 Å². The van der Waals surface area contributed by atoms with Gasteiger partial charge in [0.2, 0.25) is 0 Å². The first-order chi connectivity index (χ1) is 12.7. The van der Waals surface area contributed by atoms with Crippen LogP contribution in [0.5, 0.6) is 0 Å². The minimum Gasteiger partial charge on any atom is -0.370 e. The summed E-state index contributed by atoms with van der Waals surface area (Å²) < 4.78 is 0. The van der Waals surface area contributed by atoms with Crippen molar-refractivity contribution in [2.45, 2.75) is 52.5 Å². The number of anilines is 1. The van der Waals surface area contributed by atoms with E-state index in [1.165, 1.54) is 13.0 Å². The second-order valence-corrected chi connectivity index (χ2v) is 6.56. The second kappa shape index (κ2) is 14.4. The van der Waals surface area contributed by atoms with Gasteiger partial charge in [-0.15, -0.1) is 0 Å². The van der Waals surface area contributed by atoms with Gasteiger partial charge in [-0.1, -0.05) is 19.9 Å². The SMILES string of the molecule is CCN(CC)CCCC(C)NC(=NC)NCCCCNc1ccccn1. The average Bonchev–Trinajstić information content (AvgIpc) is 2.67. The molecular formula is C20H38N6. The molecule has 0 aliphatic heterocycles. The molecule has 0 aromatic carbocycles. The summed E-state index contributed by atoms with van der Waals surface area (Å²) in [6, 6.07) is 6.35. The van der Waals surface area contributed by atoms with E-state index in [9.17, 15) is 0 Å². The highest BCUT2D eigenvalue weighted by atomic mass is 15.2. The molecule has 26 heavy (non-hydrogen) atoms. The van der Waals surface area contributed by atoms with E-state index in [-0.39, 0.29) is 0 Å². The lowest BCUT2D eigenvalue weighted by Crippen LogP contribution is -2.42. The van der Waals surface area contributed by atoms with Gasteiger partial charge in [0.1, 0.15) is 5.82 Å². The van der Waals surface area contributed by atoms with Gasteiger partial charge in [-0.3, -0.25) is 4.99 Å². The van der Waals surface area contributed by atoms with Gasteiger partial charge >= 0.3 is 0 Å². The van der Waals surface area contributed by atoms with Crippen LogP contribution in [0.25, 0.3) is 0 Å². The number of aliphatic imine (C=N–C) groups is 1. The van der Waals surface area contributed by atoms with Crippen LogP contribution in [0.4, 0.5) is 5.82 Å². The van der Waals surface area contributed by atoms with Crippen molar-refractivity contribution < 1.29 is 0 Å². The minimum atomic E-state index is 0.433. The Morgan fingerprint density at radius 3 is 2.58 bits per heavy atom. The van der Waals surface area contributed by atoms with Crippen molar-refractivity contribution in [2.75, 3.05) is 45.1 Å². The van der Waals surface area contributed by atoms with Crippen LogP contribution in [0.3, 0.4) is 0 Å². The normalized spacial score (nSPS) is 12.9. The fourth-order valence-electron chi connectivity index (χ4n) is 2.80. The van der Waals surface area contributed by atoms with Crippen LogP contribution >= 0.6 is 0 Å². The molecule has 0 radical (unpaired) electrons. The molecule has 1 aromatic rings. The summed E-state index contributed by atoms with van der Waals surface area (Å²) in [6.07, 6.45) is 6.37. The first kappa shape index (κ1) is 22.2. The van der Waals surface area contributed by atoms with Crippen LogP contribution in [-0.2, 0) is 0 Å². The van der Waals surface area contributed by atoms with Crippen molar-refractivity contribution >= 4 is 11.8 Å². The van der Waals surface area contributed by atoms with Crippen molar-refractivity contribution in [1.29, 1.82) is 0 Å². The third-order valence-corrected chi connectivity index (χ3v) is 4.48. The van der Waals surface area contributed by atoms with E-state index in [0.717, 1.165) is 57.2 Å². The van der Waals surface area contributed by atoms with Crippen LogP contribution in [0, 0.1) is 0 Å². The first-order valence-corrected chi connectivity index (χ1v) is 10.0. The molecule has 148 valence electrons. The molecule has 0 spiro atoms. The van der Waals surface area contributed by atoms with Gasteiger partial charge in [0.05, 0.1) is 0 Å². The van der Waals surface area contributed by atoms with E-state index >= 15 is 0 Å². The third-order valence-electron chi connectivity index (χ3n) is 4.48. The molecule has 1 heterocycles. The molecule has 1 atom stereocenters. The predicted molar refractivity (Wildman–Crippen MR) is 113 cm³/mol. The quantitative estimate of drug-likeness (QED) is 0.286. The molecule has 1 rings (SSSR count). The number of rotatable bonds is 13. The fourth-order valence-corrected chi connectivity index (χ4v) is 2.80. The number of guanidine groups is 1. The standard InChI is InChI=1S/C20H38N6/c1-5-26(6-2)17-11-12-18(3)25-20(21-4)24-16-10-9-15-23-19-13-7-8-14-22-19/h7-8,13-14,18H,5-6,9-12,15-17H2,1-4H3,(H,22,23)(H2,21,24,25). The molecule has 0 bridgehead atoms. The van der Waals surface area contributed by atoms with Crippen LogP contribution < -0.4 is 16.0 Å². The molecule has 0 amide bonds. The van der Waals surface area contributed by atoms with Crippen molar-refractivity contribution in [3.63, 3.8) is 0 Å². The van der Waals surface area contributed by atoms with E-state index < -0.39 is 0 Å². The third kappa shape index (κ3) is 10.2. The summed E-state index contributed by atoms with van der Waals surface area (Å²) in [6.45, 7) is 12.0. The molecule has 0 saturated carbocycles. The maximum Gasteiger partial charge on any atom is 0.191 e. The van der Waals surface area contributed by atoms with Crippen LogP contribution in [0.2, 0.25) is 0 Å². The summed E-state index contributed by atoms with van der Waals surface area (Å²) in [5.41, 5.74) is 0. The average molecular weight is 363 g/mol. The Bertz CT molecular complexity index is 472. The zero-order valence-electron chi connectivity index (χ0n) is 17.1. The zero-order chi connectivity index (χ0) is 19.0. The lowest BCUT2D eigenvalue weighted by Gasteiger charge is -2.21. The molecule has 3 N–H and O–H groups in total. The molecule has 0 fully saturated rings. The lowest BCUT2D eigenvalue weighted by molar-refractivity contribution is 0.292. The highest BCUT2D eigenvalue weighted by Gasteiger charge is 2.06. The minimum absolute atomic E-state index is 0.433. The van der Waals surface area contributed by atoms with Crippen molar-refractivity contribution in [3.8, 4) is 0 Å². The van der Waals surface area contributed by atoms with Crippen LogP contribution in [0.15, 0.2) is 29.4 Å². The van der Waals surface area contributed by atoms with Gasteiger partial charge in [0.15, 0.2) is 5.96 Å². The number of pyridine rings is 1. The van der Waals surface area contributed by atoms with E-state index in [4.69, 9.17) is 0 Å². The predicted octanol–water partition coefficient (Wildman–Crippen LogP) is 2.95. The van der Waals surface area contributed by atoms with Gasteiger partial charge in [-0.05, 0) is 64.4 Å². The Morgan fingerprint density at radius 2 is 1.92 bits per heavy atom. The summed E-state index contributed by atoms with van der Waals surface area (Å²) >= 11 is 0. The summed E-state index contributed by atoms with van der Waals surface area (Å²) in [5.74, 6) is 1.84. The number of nitrogens with one attached hydrogen (secondary N) is 3. The molecular weight excluding hydrogens is 324 g/mol. The van der Waals surface area contributed by atoms with E-state index in [0.29, 0.717) is 6.04 Å². The maximum absolute atomic E-state index is 4.33. The smallest absolute Gasteiger partial charge is 0.191 e. The Morgan fingerprint density at radius 1 is 1.15 bits per heavy atom. The molecule has 6 heteroatoms. The second-order valence-electron chi connectivity index (χ2n) is 6.56. The molecule has 1 aromatic heterocycles.